The number of hydrogen-bond acceptors (Lipinski definition) is 3. The predicted molar refractivity (Wildman–Crippen MR) is 111 cm³/mol. The van der Waals surface area contributed by atoms with Crippen LogP contribution in [-0.4, -0.2) is 24.3 Å². The highest BCUT2D eigenvalue weighted by Crippen LogP contribution is 2.11. The summed E-state index contributed by atoms with van der Waals surface area (Å²) < 4.78 is 11.0. The molecular formula is C23H38O3. The lowest BCUT2D eigenvalue weighted by Gasteiger charge is -2.23. The monoisotopic (exact) mass is 362 g/mol. The van der Waals surface area contributed by atoms with Crippen molar-refractivity contribution >= 4 is 5.97 Å². The Labute approximate surface area is 160 Å². The van der Waals surface area contributed by atoms with Gasteiger partial charge in [-0.05, 0) is 59.3 Å². The lowest BCUT2D eigenvalue weighted by Crippen LogP contribution is -2.33. The van der Waals surface area contributed by atoms with Gasteiger partial charge in [0.2, 0.25) is 0 Å². The average molecular weight is 363 g/mol. The molecule has 0 fully saturated rings. The Bertz CT molecular complexity index is 464. The second-order valence-electron chi connectivity index (χ2n) is 7.11. The standard InChI is InChI=1S/C23H38O3/c1-6-8-9-10-11-12-13-14-15-16-17-18-19-20-25-21(7-2)22(24)26-23(3,4)5/h8-9,11-12,14-15,18-19,21H,6-7,10,13,16-17,20H2,1-5H3/b9-8-,12-11-,15-14-,19-18+. The van der Waals surface area contributed by atoms with Gasteiger partial charge in [-0.3, -0.25) is 0 Å². The number of carbonyl (C=O) groups is 1. The largest absolute Gasteiger partial charge is 0.458 e. The van der Waals surface area contributed by atoms with Crippen molar-refractivity contribution < 1.29 is 14.3 Å². The minimum absolute atomic E-state index is 0.283. The molecule has 1 unspecified atom stereocenters. The smallest absolute Gasteiger partial charge is 0.335 e. The van der Waals surface area contributed by atoms with E-state index in [-0.39, 0.29) is 5.97 Å². The molecule has 0 spiro atoms. The fourth-order valence-electron chi connectivity index (χ4n) is 2.10. The highest BCUT2D eigenvalue weighted by molar-refractivity contribution is 5.75. The molecule has 0 aliphatic carbocycles. The Hall–Kier alpha value is -1.61. The maximum Gasteiger partial charge on any atom is 0.335 e. The number of carbonyl (C=O) groups excluding carboxylic acids is 1. The van der Waals surface area contributed by atoms with Crippen molar-refractivity contribution in [3.8, 4) is 0 Å². The van der Waals surface area contributed by atoms with Crippen molar-refractivity contribution in [3.63, 3.8) is 0 Å². The Balaban J connectivity index is 3.81. The summed E-state index contributed by atoms with van der Waals surface area (Å²) >= 11 is 0. The van der Waals surface area contributed by atoms with Gasteiger partial charge in [-0.1, -0.05) is 62.5 Å². The maximum atomic E-state index is 12.0. The quantitative estimate of drug-likeness (QED) is 0.218. The van der Waals surface area contributed by atoms with Crippen LogP contribution in [0.1, 0.15) is 73.1 Å². The second-order valence-corrected chi connectivity index (χ2v) is 7.11. The molecule has 1 atom stereocenters. The van der Waals surface area contributed by atoms with E-state index in [0.29, 0.717) is 13.0 Å². The highest BCUT2D eigenvalue weighted by Gasteiger charge is 2.23. The van der Waals surface area contributed by atoms with Crippen LogP contribution in [0.25, 0.3) is 0 Å². The Morgan fingerprint density at radius 1 is 0.846 bits per heavy atom. The first-order valence-corrected chi connectivity index (χ1v) is 9.85. The molecule has 0 bridgehead atoms. The summed E-state index contributed by atoms with van der Waals surface area (Å²) in [5.74, 6) is -0.283. The van der Waals surface area contributed by atoms with Gasteiger partial charge in [0.15, 0.2) is 6.10 Å². The summed E-state index contributed by atoms with van der Waals surface area (Å²) in [6.45, 7) is 10.1. The van der Waals surface area contributed by atoms with Gasteiger partial charge in [0, 0.05) is 0 Å². The van der Waals surface area contributed by atoms with Crippen molar-refractivity contribution in [2.24, 2.45) is 0 Å². The molecule has 0 N–H and O–H groups in total. The molecule has 0 aromatic carbocycles. The summed E-state index contributed by atoms with van der Waals surface area (Å²) in [7, 11) is 0. The van der Waals surface area contributed by atoms with Crippen LogP contribution in [-0.2, 0) is 14.3 Å². The molecule has 0 amide bonds. The summed E-state index contributed by atoms with van der Waals surface area (Å²) in [5.41, 5.74) is -0.475. The Morgan fingerprint density at radius 3 is 1.92 bits per heavy atom. The van der Waals surface area contributed by atoms with E-state index < -0.39 is 11.7 Å². The minimum atomic E-state index is -0.488. The van der Waals surface area contributed by atoms with Crippen LogP contribution >= 0.6 is 0 Å². The molecule has 0 aromatic heterocycles. The van der Waals surface area contributed by atoms with E-state index in [2.05, 4.69) is 49.5 Å². The highest BCUT2D eigenvalue weighted by atomic mass is 16.6. The third kappa shape index (κ3) is 15.9. The van der Waals surface area contributed by atoms with E-state index in [9.17, 15) is 4.79 Å². The molecule has 0 aliphatic rings. The number of hydrogen-bond donors (Lipinski definition) is 0. The van der Waals surface area contributed by atoms with E-state index in [1.165, 1.54) is 0 Å². The van der Waals surface area contributed by atoms with Gasteiger partial charge in [-0.2, -0.15) is 0 Å². The zero-order chi connectivity index (χ0) is 19.7. The van der Waals surface area contributed by atoms with Gasteiger partial charge >= 0.3 is 5.97 Å². The fourth-order valence-corrected chi connectivity index (χ4v) is 2.10. The normalized spacial score (nSPS) is 14.2. The van der Waals surface area contributed by atoms with Gasteiger partial charge in [0.1, 0.15) is 5.60 Å². The van der Waals surface area contributed by atoms with Crippen molar-refractivity contribution in [3.05, 3.63) is 48.6 Å². The Kier molecular flexibility index (Phi) is 14.7. The number of ether oxygens (including phenoxy) is 2. The molecule has 148 valence electrons. The Morgan fingerprint density at radius 2 is 1.38 bits per heavy atom. The van der Waals surface area contributed by atoms with Crippen LogP contribution in [0.3, 0.4) is 0 Å². The van der Waals surface area contributed by atoms with Crippen LogP contribution in [0.4, 0.5) is 0 Å². The minimum Gasteiger partial charge on any atom is -0.458 e. The molecule has 0 saturated heterocycles. The van der Waals surface area contributed by atoms with E-state index in [1.807, 2.05) is 33.8 Å². The summed E-state index contributed by atoms with van der Waals surface area (Å²) in [5, 5.41) is 0. The molecular weight excluding hydrogens is 324 g/mol. The molecule has 3 heteroatoms. The van der Waals surface area contributed by atoms with E-state index >= 15 is 0 Å². The number of unbranched alkanes of at least 4 members (excludes halogenated alkanes) is 1. The third-order valence-corrected chi connectivity index (χ3v) is 3.38. The first-order chi connectivity index (χ1) is 12.4. The molecule has 0 radical (unpaired) electrons. The predicted octanol–water partition coefficient (Wildman–Crippen LogP) is 6.32. The van der Waals surface area contributed by atoms with Gasteiger partial charge in [-0.15, -0.1) is 0 Å². The van der Waals surface area contributed by atoms with Crippen LogP contribution in [0.5, 0.6) is 0 Å². The molecule has 0 saturated carbocycles. The van der Waals surface area contributed by atoms with Crippen molar-refractivity contribution in [1.29, 1.82) is 0 Å². The number of rotatable bonds is 13. The molecule has 26 heavy (non-hydrogen) atoms. The zero-order valence-corrected chi connectivity index (χ0v) is 17.4. The lowest BCUT2D eigenvalue weighted by atomic mass is 10.2. The number of esters is 1. The van der Waals surface area contributed by atoms with E-state index in [0.717, 1.165) is 32.1 Å². The van der Waals surface area contributed by atoms with Crippen molar-refractivity contribution in [1.82, 2.24) is 0 Å². The topological polar surface area (TPSA) is 35.5 Å². The molecule has 0 heterocycles. The van der Waals surface area contributed by atoms with Gasteiger partial charge < -0.3 is 9.47 Å². The van der Waals surface area contributed by atoms with E-state index in [1.54, 1.807) is 0 Å². The third-order valence-electron chi connectivity index (χ3n) is 3.38. The van der Waals surface area contributed by atoms with Crippen LogP contribution in [0.2, 0.25) is 0 Å². The van der Waals surface area contributed by atoms with Crippen molar-refractivity contribution in [2.75, 3.05) is 6.61 Å². The summed E-state index contributed by atoms with van der Waals surface area (Å²) in [6, 6.07) is 0. The average Bonchev–Trinajstić information content (AvgIpc) is 2.57. The van der Waals surface area contributed by atoms with Gasteiger partial charge in [-0.25, -0.2) is 4.79 Å². The second kappa shape index (κ2) is 15.6. The lowest BCUT2D eigenvalue weighted by molar-refractivity contribution is -0.168. The van der Waals surface area contributed by atoms with Crippen LogP contribution in [0, 0.1) is 0 Å². The van der Waals surface area contributed by atoms with Crippen molar-refractivity contribution in [2.45, 2.75) is 84.8 Å². The fraction of sp³-hybridized carbons (Fsp3) is 0.609. The van der Waals surface area contributed by atoms with Crippen LogP contribution in [0.15, 0.2) is 48.6 Å². The first kappa shape index (κ1) is 24.4. The van der Waals surface area contributed by atoms with Crippen LogP contribution < -0.4 is 0 Å². The van der Waals surface area contributed by atoms with Gasteiger partial charge in [0.25, 0.3) is 0 Å². The molecule has 0 rings (SSSR count). The summed E-state index contributed by atoms with van der Waals surface area (Å²) in [4.78, 5) is 12.0. The maximum absolute atomic E-state index is 12.0. The molecule has 3 nitrogen and oxygen atoms in total. The zero-order valence-electron chi connectivity index (χ0n) is 17.4. The van der Waals surface area contributed by atoms with Gasteiger partial charge in [0.05, 0.1) is 6.61 Å². The SMILES string of the molecule is CC/C=C\C/C=C\C/C=C\CC/C=C/COC(CC)C(=O)OC(C)(C)C. The molecule has 0 aliphatic heterocycles. The molecule has 0 aromatic rings. The first-order valence-electron chi connectivity index (χ1n) is 9.85. The number of allylic oxidation sites excluding steroid dienone is 7. The summed E-state index contributed by atoms with van der Waals surface area (Å²) in [6.07, 6.45) is 22.5. The van der Waals surface area contributed by atoms with E-state index in [4.69, 9.17) is 9.47 Å².